The van der Waals surface area contributed by atoms with Crippen molar-refractivity contribution in [1.82, 2.24) is 9.88 Å². The Balaban J connectivity index is 1.62. The number of amides is 1. The Labute approximate surface area is 164 Å². The molecule has 0 radical (unpaired) electrons. The maximum Gasteiger partial charge on any atom is 0.270 e. The lowest BCUT2D eigenvalue weighted by Gasteiger charge is -2.29. The summed E-state index contributed by atoms with van der Waals surface area (Å²) in [5, 5.41) is 3.23. The molecule has 0 saturated carbocycles. The molecule has 4 rings (SSSR count). The van der Waals surface area contributed by atoms with Crippen LogP contribution in [0.1, 0.15) is 9.67 Å². The number of aromatic nitrogens is 1. The third-order valence-electron chi connectivity index (χ3n) is 4.31. The van der Waals surface area contributed by atoms with E-state index in [0.717, 1.165) is 47.9 Å². The van der Waals surface area contributed by atoms with E-state index < -0.39 is 0 Å². The Hall–Kier alpha value is -1.51. The predicted octanol–water partition coefficient (Wildman–Crippen LogP) is 3.99. The first kappa shape index (κ1) is 17.9. The van der Waals surface area contributed by atoms with E-state index >= 15 is 0 Å². The summed E-state index contributed by atoms with van der Waals surface area (Å²) in [6.07, 6.45) is 0. The molecule has 0 spiro atoms. The normalized spacial score (nSPS) is 15.4. The zero-order valence-corrected chi connectivity index (χ0v) is 16.4. The SMILES string of the molecule is O=C(c1cccs1)N(CCN1CCOCC1)c1nc2c(Cl)cccc2s1. The lowest BCUT2D eigenvalue weighted by molar-refractivity contribution is 0.0391. The first-order valence-electron chi connectivity index (χ1n) is 8.43. The third kappa shape index (κ3) is 3.77. The number of halogens is 1. The molecule has 0 bridgehead atoms. The lowest BCUT2D eigenvalue weighted by Crippen LogP contribution is -2.43. The summed E-state index contributed by atoms with van der Waals surface area (Å²) in [6, 6.07) is 9.47. The van der Waals surface area contributed by atoms with Crippen molar-refractivity contribution < 1.29 is 9.53 Å². The number of ether oxygens (including phenoxy) is 1. The second-order valence-electron chi connectivity index (χ2n) is 5.97. The van der Waals surface area contributed by atoms with Gasteiger partial charge in [0.1, 0.15) is 5.52 Å². The predicted molar refractivity (Wildman–Crippen MR) is 108 cm³/mol. The van der Waals surface area contributed by atoms with Crippen molar-refractivity contribution in [3.05, 3.63) is 45.6 Å². The van der Waals surface area contributed by atoms with Crippen LogP contribution in [0.3, 0.4) is 0 Å². The fourth-order valence-corrected chi connectivity index (χ4v) is 4.86. The summed E-state index contributed by atoms with van der Waals surface area (Å²) in [5.41, 5.74) is 0.754. The van der Waals surface area contributed by atoms with Gasteiger partial charge in [-0.15, -0.1) is 11.3 Å². The highest BCUT2D eigenvalue weighted by Gasteiger charge is 2.23. The van der Waals surface area contributed by atoms with Crippen molar-refractivity contribution in [2.75, 3.05) is 44.3 Å². The van der Waals surface area contributed by atoms with Gasteiger partial charge in [-0.1, -0.05) is 35.1 Å². The van der Waals surface area contributed by atoms with Gasteiger partial charge >= 0.3 is 0 Å². The Morgan fingerprint density at radius 3 is 2.85 bits per heavy atom. The van der Waals surface area contributed by atoms with Gasteiger partial charge in [0.15, 0.2) is 5.13 Å². The van der Waals surface area contributed by atoms with E-state index in [9.17, 15) is 4.79 Å². The molecular weight excluding hydrogens is 390 g/mol. The minimum Gasteiger partial charge on any atom is -0.379 e. The number of fused-ring (bicyclic) bond motifs is 1. The van der Waals surface area contributed by atoms with Crippen molar-refractivity contribution >= 4 is 55.5 Å². The van der Waals surface area contributed by atoms with Crippen LogP contribution in [-0.2, 0) is 4.74 Å². The third-order valence-corrected chi connectivity index (χ3v) is 6.52. The molecule has 0 unspecified atom stereocenters. The van der Waals surface area contributed by atoms with Crippen LogP contribution in [-0.4, -0.2) is 55.2 Å². The fourth-order valence-electron chi connectivity index (χ4n) is 2.90. The molecular formula is C18H18ClN3O2S2. The number of carbonyl (C=O) groups is 1. The highest BCUT2D eigenvalue weighted by Crippen LogP contribution is 2.33. The van der Waals surface area contributed by atoms with E-state index in [1.54, 1.807) is 4.90 Å². The number of hydrogen-bond acceptors (Lipinski definition) is 6. The van der Waals surface area contributed by atoms with Crippen LogP contribution >= 0.6 is 34.3 Å². The van der Waals surface area contributed by atoms with Gasteiger partial charge in [0.05, 0.1) is 27.8 Å². The molecule has 1 aromatic carbocycles. The Kier molecular flexibility index (Phi) is 5.52. The van der Waals surface area contributed by atoms with E-state index in [0.29, 0.717) is 16.7 Å². The number of para-hydroxylation sites is 1. The molecule has 1 amide bonds. The molecule has 0 atom stereocenters. The molecule has 5 nitrogen and oxygen atoms in total. The summed E-state index contributed by atoms with van der Waals surface area (Å²) in [5.74, 6) is -0.0107. The van der Waals surface area contributed by atoms with Crippen molar-refractivity contribution in [2.45, 2.75) is 0 Å². The number of morpholine rings is 1. The monoisotopic (exact) mass is 407 g/mol. The summed E-state index contributed by atoms with van der Waals surface area (Å²) in [7, 11) is 0. The number of nitrogens with zero attached hydrogens (tertiary/aromatic N) is 3. The second-order valence-corrected chi connectivity index (χ2v) is 8.34. The first-order valence-corrected chi connectivity index (χ1v) is 10.5. The maximum absolute atomic E-state index is 13.1. The van der Waals surface area contributed by atoms with Gasteiger partial charge in [0.25, 0.3) is 5.91 Å². The minimum atomic E-state index is -0.0107. The molecule has 136 valence electrons. The highest BCUT2D eigenvalue weighted by molar-refractivity contribution is 7.22. The number of anilines is 1. The summed E-state index contributed by atoms with van der Waals surface area (Å²) < 4.78 is 6.39. The van der Waals surface area contributed by atoms with Crippen molar-refractivity contribution in [3.63, 3.8) is 0 Å². The number of thiazole rings is 1. The van der Waals surface area contributed by atoms with E-state index in [1.807, 2.05) is 35.7 Å². The van der Waals surface area contributed by atoms with Gasteiger partial charge in [-0.25, -0.2) is 4.98 Å². The molecule has 1 fully saturated rings. The lowest BCUT2D eigenvalue weighted by atomic mass is 10.3. The van der Waals surface area contributed by atoms with Gasteiger partial charge in [-0.05, 0) is 23.6 Å². The van der Waals surface area contributed by atoms with Crippen LogP contribution in [0.15, 0.2) is 35.7 Å². The smallest absolute Gasteiger partial charge is 0.270 e. The molecule has 0 N–H and O–H groups in total. The van der Waals surface area contributed by atoms with Crippen molar-refractivity contribution in [3.8, 4) is 0 Å². The zero-order chi connectivity index (χ0) is 17.9. The number of hydrogen-bond donors (Lipinski definition) is 0. The van der Waals surface area contributed by atoms with Crippen molar-refractivity contribution in [1.29, 1.82) is 0 Å². The molecule has 26 heavy (non-hydrogen) atoms. The zero-order valence-electron chi connectivity index (χ0n) is 14.1. The van der Waals surface area contributed by atoms with Crippen LogP contribution in [0.4, 0.5) is 5.13 Å². The van der Waals surface area contributed by atoms with Crippen LogP contribution in [0.25, 0.3) is 10.2 Å². The summed E-state index contributed by atoms with van der Waals surface area (Å²) in [4.78, 5) is 22.5. The average Bonchev–Trinajstić information content (AvgIpc) is 3.33. The van der Waals surface area contributed by atoms with Gasteiger partial charge in [-0.2, -0.15) is 0 Å². The Bertz CT molecular complexity index is 891. The fraction of sp³-hybridized carbons (Fsp3) is 0.333. The average molecular weight is 408 g/mol. The Morgan fingerprint density at radius 2 is 2.12 bits per heavy atom. The number of rotatable bonds is 5. The van der Waals surface area contributed by atoms with Crippen LogP contribution < -0.4 is 4.90 Å². The molecule has 0 aliphatic carbocycles. The summed E-state index contributed by atoms with van der Waals surface area (Å²) >= 11 is 9.23. The van der Waals surface area contributed by atoms with E-state index in [2.05, 4.69) is 9.88 Å². The molecule has 3 aromatic rings. The summed E-state index contributed by atoms with van der Waals surface area (Å²) in [6.45, 7) is 4.67. The topological polar surface area (TPSA) is 45.7 Å². The maximum atomic E-state index is 13.1. The van der Waals surface area contributed by atoms with E-state index in [4.69, 9.17) is 16.3 Å². The molecule has 8 heteroatoms. The largest absolute Gasteiger partial charge is 0.379 e. The van der Waals surface area contributed by atoms with Crippen molar-refractivity contribution in [2.24, 2.45) is 0 Å². The molecule has 1 saturated heterocycles. The Morgan fingerprint density at radius 1 is 1.27 bits per heavy atom. The minimum absolute atomic E-state index is 0.0107. The molecule has 3 heterocycles. The van der Waals surface area contributed by atoms with Crippen LogP contribution in [0, 0.1) is 0 Å². The highest BCUT2D eigenvalue weighted by atomic mass is 35.5. The van der Waals surface area contributed by atoms with E-state index in [-0.39, 0.29) is 5.91 Å². The number of carbonyl (C=O) groups excluding carboxylic acids is 1. The molecule has 1 aliphatic rings. The molecule has 2 aromatic heterocycles. The van der Waals surface area contributed by atoms with Gasteiger partial charge in [0, 0.05) is 26.2 Å². The first-order chi connectivity index (χ1) is 12.7. The standard InChI is InChI=1S/C18H18ClN3O2S2/c19-13-3-1-4-14-16(13)20-18(26-14)22(17(23)15-5-2-12-25-15)7-6-21-8-10-24-11-9-21/h1-5,12H,6-11H2. The van der Waals surface area contributed by atoms with Gasteiger partial charge in [-0.3, -0.25) is 14.6 Å². The number of thiophene rings is 1. The quantitative estimate of drug-likeness (QED) is 0.641. The van der Waals surface area contributed by atoms with Crippen LogP contribution in [0.5, 0.6) is 0 Å². The molecule has 1 aliphatic heterocycles. The number of benzene rings is 1. The van der Waals surface area contributed by atoms with Gasteiger partial charge in [0.2, 0.25) is 0 Å². The van der Waals surface area contributed by atoms with Gasteiger partial charge < -0.3 is 4.74 Å². The van der Waals surface area contributed by atoms with Crippen LogP contribution in [0.2, 0.25) is 5.02 Å². The van der Waals surface area contributed by atoms with E-state index in [1.165, 1.54) is 22.7 Å². The second kappa shape index (κ2) is 8.02.